The van der Waals surface area contributed by atoms with Crippen molar-refractivity contribution in [3.8, 4) is 0 Å². The van der Waals surface area contributed by atoms with E-state index in [4.69, 9.17) is 5.11 Å². The molecule has 1 heterocycles. The molecule has 0 unspecified atom stereocenters. The van der Waals surface area contributed by atoms with Crippen molar-refractivity contribution in [2.75, 3.05) is 6.61 Å². The Morgan fingerprint density at radius 3 is 3.00 bits per heavy atom. The van der Waals surface area contributed by atoms with Crippen LogP contribution in [0.15, 0.2) is 16.7 Å². The Morgan fingerprint density at radius 1 is 1.64 bits per heavy atom. The van der Waals surface area contributed by atoms with Crippen molar-refractivity contribution in [2.45, 2.75) is 6.42 Å². The molecular formula is C7H7BrFNO. The molecule has 1 rings (SSSR count). The topological polar surface area (TPSA) is 33.1 Å². The van der Waals surface area contributed by atoms with E-state index in [1.807, 2.05) is 0 Å². The third-order valence-electron chi connectivity index (χ3n) is 1.26. The Hall–Kier alpha value is -0.480. The maximum absolute atomic E-state index is 12.7. The second-order valence-electron chi connectivity index (χ2n) is 2.08. The summed E-state index contributed by atoms with van der Waals surface area (Å²) in [6.45, 7) is -0.0605. The summed E-state index contributed by atoms with van der Waals surface area (Å²) < 4.78 is 13.4. The molecule has 0 saturated heterocycles. The number of nitrogens with zero attached hydrogens (tertiary/aromatic N) is 1. The van der Waals surface area contributed by atoms with Crippen molar-refractivity contribution < 1.29 is 9.50 Å². The SMILES string of the molecule is OCCc1cc(Br)cnc1F. The normalized spacial score (nSPS) is 10.1. The van der Waals surface area contributed by atoms with E-state index >= 15 is 0 Å². The van der Waals surface area contributed by atoms with Crippen molar-refractivity contribution in [3.05, 3.63) is 28.2 Å². The van der Waals surface area contributed by atoms with Gasteiger partial charge in [0.15, 0.2) is 0 Å². The quantitative estimate of drug-likeness (QED) is 0.766. The van der Waals surface area contributed by atoms with Crippen LogP contribution in [0.5, 0.6) is 0 Å². The largest absolute Gasteiger partial charge is 0.396 e. The van der Waals surface area contributed by atoms with Crippen LogP contribution in [0.25, 0.3) is 0 Å². The fraction of sp³-hybridized carbons (Fsp3) is 0.286. The third-order valence-corrected chi connectivity index (χ3v) is 1.69. The van der Waals surface area contributed by atoms with Crippen LogP contribution in [0.2, 0.25) is 0 Å². The molecule has 4 heteroatoms. The van der Waals surface area contributed by atoms with Crippen LogP contribution in [0.1, 0.15) is 5.56 Å². The van der Waals surface area contributed by atoms with Crippen LogP contribution in [0, 0.1) is 5.95 Å². The van der Waals surface area contributed by atoms with E-state index in [0.717, 1.165) is 4.47 Å². The van der Waals surface area contributed by atoms with E-state index in [1.54, 1.807) is 6.07 Å². The summed E-state index contributed by atoms with van der Waals surface area (Å²) in [7, 11) is 0. The maximum atomic E-state index is 12.7. The van der Waals surface area contributed by atoms with E-state index in [9.17, 15) is 4.39 Å². The number of aliphatic hydroxyl groups is 1. The molecule has 0 bridgehead atoms. The highest BCUT2D eigenvalue weighted by Crippen LogP contribution is 2.12. The number of aliphatic hydroxyl groups excluding tert-OH is 1. The number of hydrogen-bond acceptors (Lipinski definition) is 2. The van der Waals surface area contributed by atoms with Gasteiger partial charge < -0.3 is 5.11 Å². The Morgan fingerprint density at radius 2 is 2.36 bits per heavy atom. The third kappa shape index (κ3) is 2.24. The molecule has 1 N–H and O–H groups in total. The number of aromatic nitrogens is 1. The predicted octanol–water partition coefficient (Wildman–Crippen LogP) is 1.52. The smallest absolute Gasteiger partial charge is 0.216 e. The summed E-state index contributed by atoms with van der Waals surface area (Å²) in [5.41, 5.74) is 0.432. The second kappa shape index (κ2) is 3.78. The van der Waals surface area contributed by atoms with Gasteiger partial charge >= 0.3 is 0 Å². The molecule has 1 aromatic rings. The van der Waals surface area contributed by atoms with Gasteiger partial charge in [0.1, 0.15) is 0 Å². The van der Waals surface area contributed by atoms with Crippen LogP contribution >= 0.6 is 15.9 Å². The molecule has 2 nitrogen and oxygen atoms in total. The van der Waals surface area contributed by atoms with Crippen LogP contribution in [-0.2, 0) is 6.42 Å². The molecule has 0 aliphatic heterocycles. The van der Waals surface area contributed by atoms with Gasteiger partial charge in [-0.1, -0.05) is 0 Å². The first-order chi connectivity index (χ1) is 5.24. The highest BCUT2D eigenvalue weighted by molar-refractivity contribution is 9.10. The van der Waals surface area contributed by atoms with Gasteiger partial charge in [-0.2, -0.15) is 4.39 Å². The summed E-state index contributed by atoms with van der Waals surface area (Å²) >= 11 is 3.16. The average molecular weight is 220 g/mol. The first-order valence-corrected chi connectivity index (χ1v) is 3.94. The van der Waals surface area contributed by atoms with Gasteiger partial charge in [-0.15, -0.1) is 0 Å². The summed E-state index contributed by atoms with van der Waals surface area (Å²) in [5, 5.41) is 8.53. The second-order valence-corrected chi connectivity index (χ2v) is 2.99. The molecule has 0 radical (unpaired) electrons. The van der Waals surface area contributed by atoms with Crippen molar-refractivity contribution in [1.82, 2.24) is 4.98 Å². The van der Waals surface area contributed by atoms with Gasteiger partial charge in [-0.25, -0.2) is 4.98 Å². The van der Waals surface area contributed by atoms with Crippen LogP contribution in [-0.4, -0.2) is 16.7 Å². The van der Waals surface area contributed by atoms with E-state index in [1.165, 1.54) is 6.20 Å². The minimum Gasteiger partial charge on any atom is -0.396 e. The number of rotatable bonds is 2. The average Bonchev–Trinajstić information content (AvgIpc) is 1.98. The molecule has 0 aliphatic carbocycles. The molecule has 0 atom stereocenters. The van der Waals surface area contributed by atoms with Gasteiger partial charge in [0.05, 0.1) is 0 Å². The first-order valence-electron chi connectivity index (χ1n) is 3.15. The molecule has 60 valence electrons. The van der Waals surface area contributed by atoms with Crippen LogP contribution < -0.4 is 0 Å². The Balaban J connectivity index is 2.93. The lowest BCUT2D eigenvalue weighted by molar-refractivity contribution is 0.297. The maximum Gasteiger partial charge on any atom is 0.216 e. The van der Waals surface area contributed by atoms with Gasteiger partial charge in [-0.3, -0.25) is 0 Å². The fourth-order valence-electron chi connectivity index (χ4n) is 0.760. The highest BCUT2D eigenvalue weighted by atomic mass is 79.9. The lowest BCUT2D eigenvalue weighted by Gasteiger charge is -1.98. The zero-order valence-electron chi connectivity index (χ0n) is 5.72. The monoisotopic (exact) mass is 219 g/mol. The fourth-order valence-corrected chi connectivity index (χ4v) is 1.14. The number of halogens is 2. The van der Waals surface area contributed by atoms with E-state index in [-0.39, 0.29) is 6.61 Å². The van der Waals surface area contributed by atoms with E-state index in [2.05, 4.69) is 20.9 Å². The van der Waals surface area contributed by atoms with E-state index in [0.29, 0.717) is 12.0 Å². The highest BCUT2D eigenvalue weighted by Gasteiger charge is 2.02. The standard InChI is InChI=1S/C7H7BrFNO/c8-6-3-5(1-2-11)7(9)10-4-6/h3-4,11H,1-2H2. The lowest BCUT2D eigenvalue weighted by atomic mass is 10.2. The number of pyridine rings is 1. The lowest BCUT2D eigenvalue weighted by Crippen LogP contribution is -1.96. The molecule has 0 aliphatic rings. The van der Waals surface area contributed by atoms with Crippen molar-refractivity contribution >= 4 is 15.9 Å². The summed E-state index contributed by atoms with van der Waals surface area (Å²) in [5.74, 6) is -0.512. The molecule has 11 heavy (non-hydrogen) atoms. The zero-order chi connectivity index (χ0) is 8.27. The zero-order valence-corrected chi connectivity index (χ0v) is 7.31. The Kier molecular flexibility index (Phi) is 2.96. The van der Waals surface area contributed by atoms with Gasteiger partial charge in [0.2, 0.25) is 5.95 Å². The van der Waals surface area contributed by atoms with Crippen molar-refractivity contribution in [1.29, 1.82) is 0 Å². The Bertz CT molecular complexity index is 254. The molecule has 0 amide bonds. The Labute approximate surface area is 72.2 Å². The molecule has 0 spiro atoms. The van der Waals surface area contributed by atoms with Crippen LogP contribution in [0.4, 0.5) is 4.39 Å². The number of hydrogen-bond donors (Lipinski definition) is 1. The minimum absolute atomic E-state index is 0.0605. The molecule has 0 fully saturated rings. The molecular weight excluding hydrogens is 213 g/mol. The molecule has 0 saturated carbocycles. The summed E-state index contributed by atoms with van der Waals surface area (Å²) in [6, 6.07) is 1.61. The summed E-state index contributed by atoms with van der Waals surface area (Å²) in [6.07, 6.45) is 1.69. The van der Waals surface area contributed by atoms with Crippen molar-refractivity contribution in [3.63, 3.8) is 0 Å². The van der Waals surface area contributed by atoms with Gasteiger partial charge in [0, 0.05) is 29.3 Å². The molecule has 1 aromatic heterocycles. The first kappa shape index (κ1) is 8.62. The predicted molar refractivity (Wildman–Crippen MR) is 42.7 cm³/mol. The van der Waals surface area contributed by atoms with Gasteiger partial charge in [0.25, 0.3) is 0 Å². The minimum atomic E-state index is -0.512. The van der Waals surface area contributed by atoms with E-state index < -0.39 is 5.95 Å². The van der Waals surface area contributed by atoms with Crippen LogP contribution in [0.3, 0.4) is 0 Å². The van der Waals surface area contributed by atoms with Crippen molar-refractivity contribution in [2.24, 2.45) is 0 Å². The summed E-state index contributed by atoms with van der Waals surface area (Å²) in [4.78, 5) is 3.47. The molecule has 0 aromatic carbocycles. The van der Waals surface area contributed by atoms with Gasteiger partial charge in [-0.05, 0) is 22.0 Å².